The molecule has 1 amide bonds. The van der Waals surface area contributed by atoms with Crippen molar-refractivity contribution < 1.29 is 19.1 Å². The molecule has 0 heterocycles. The molecule has 27 heavy (non-hydrogen) atoms. The summed E-state index contributed by atoms with van der Waals surface area (Å²) in [6.07, 6.45) is 0. The zero-order chi connectivity index (χ0) is 19.8. The molecule has 6 heteroatoms. The van der Waals surface area contributed by atoms with Crippen LogP contribution in [0.5, 0.6) is 5.75 Å². The Morgan fingerprint density at radius 3 is 2.37 bits per heavy atom. The van der Waals surface area contributed by atoms with Crippen molar-refractivity contribution >= 4 is 23.5 Å². The molecule has 144 valence electrons. The van der Waals surface area contributed by atoms with Gasteiger partial charge in [0.2, 0.25) is 0 Å². The number of amides is 1. The highest BCUT2D eigenvalue weighted by molar-refractivity contribution is 6.30. The fourth-order valence-corrected chi connectivity index (χ4v) is 2.30. The molecule has 0 saturated carbocycles. The zero-order valence-corrected chi connectivity index (χ0v) is 16.5. The Labute approximate surface area is 164 Å². The van der Waals surface area contributed by atoms with Gasteiger partial charge < -0.3 is 14.8 Å². The maximum Gasteiger partial charge on any atom is 0.342 e. The molecule has 0 aromatic heterocycles. The number of esters is 1. The molecule has 0 radical (unpaired) electrons. The average Bonchev–Trinajstić information content (AvgIpc) is 2.65. The van der Waals surface area contributed by atoms with Crippen LogP contribution >= 0.6 is 11.6 Å². The van der Waals surface area contributed by atoms with E-state index in [-0.39, 0.29) is 30.7 Å². The Morgan fingerprint density at radius 2 is 1.70 bits per heavy atom. The van der Waals surface area contributed by atoms with Gasteiger partial charge in [-0.15, -0.1) is 0 Å². The van der Waals surface area contributed by atoms with Crippen molar-refractivity contribution in [2.45, 2.75) is 33.4 Å². The largest absolute Gasteiger partial charge is 0.488 e. The topological polar surface area (TPSA) is 64.6 Å². The van der Waals surface area contributed by atoms with Gasteiger partial charge in [0.25, 0.3) is 5.91 Å². The van der Waals surface area contributed by atoms with Crippen LogP contribution in [0.3, 0.4) is 0 Å². The van der Waals surface area contributed by atoms with E-state index in [0.29, 0.717) is 16.7 Å². The minimum atomic E-state index is -0.603. The molecule has 2 aromatic carbocycles. The fraction of sp³-hybridized carbons (Fsp3) is 0.333. The molecule has 0 saturated heterocycles. The maximum absolute atomic E-state index is 12.3. The second kappa shape index (κ2) is 9.97. The Bertz CT molecular complexity index is 774. The Kier molecular flexibility index (Phi) is 7.67. The van der Waals surface area contributed by atoms with E-state index in [1.54, 1.807) is 36.4 Å². The van der Waals surface area contributed by atoms with Crippen molar-refractivity contribution in [3.05, 3.63) is 64.7 Å². The van der Waals surface area contributed by atoms with Crippen LogP contribution in [-0.4, -0.2) is 24.5 Å². The third-order valence-corrected chi connectivity index (χ3v) is 4.39. The predicted molar refractivity (Wildman–Crippen MR) is 105 cm³/mol. The third kappa shape index (κ3) is 6.61. The van der Waals surface area contributed by atoms with E-state index in [2.05, 4.69) is 5.32 Å². The summed E-state index contributed by atoms with van der Waals surface area (Å²) in [5.41, 5.74) is 1.20. The fourth-order valence-electron chi connectivity index (χ4n) is 2.17. The predicted octanol–water partition coefficient (Wildman–Crippen LogP) is 4.24. The lowest BCUT2D eigenvalue weighted by atomic mass is 10.1. The Morgan fingerprint density at radius 1 is 1.04 bits per heavy atom. The first-order chi connectivity index (χ1) is 12.9. The van der Waals surface area contributed by atoms with Gasteiger partial charge in [-0.25, -0.2) is 4.79 Å². The quantitative estimate of drug-likeness (QED) is 0.686. The van der Waals surface area contributed by atoms with Gasteiger partial charge in [0.05, 0.1) is 0 Å². The van der Waals surface area contributed by atoms with E-state index in [1.807, 2.05) is 32.9 Å². The summed E-state index contributed by atoms with van der Waals surface area (Å²) in [5, 5.41) is 3.44. The lowest BCUT2D eigenvalue weighted by molar-refractivity contribution is -0.125. The molecular formula is C21H24ClNO4. The highest BCUT2D eigenvalue weighted by atomic mass is 35.5. The maximum atomic E-state index is 12.3. The normalized spacial score (nSPS) is 11.7. The molecule has 0 aliphatic rings. The summed E-state index contributed by atoms with van der Waals surface area (Å²) >= 11 is 5.87. The minimum absolute atomic E-state index is 0.00574. The number of hydrogen-bond donors (Lipinski definition) is 1. The molecule has 0 aliphatic carbocycles. The number of benzene rings is 2. The number of nitrogens with one attached hydrogen (secondary N) is 1. The number of rotatable bonds is 8. The summed E-state index contributed by atoms with van der Waals surface area (Å²) < 4.78 is 10.9. The van der Waals surface area contributed by atoms with Crippen molar-refractivity contribution in [1.82, 2.24) is 5.32 Å². The number of hydrogen-bond acceptors (Lipinski definition) is 4. The first-order valence-corrected chi connectivity index (χ1v) is 9.17. The summed E-state index contributed by atoms with van der Waals surface area (Å²) in [7, 11) is 0. The number of halogens is 1. The van der Waals surface area contributed by atoms with Gasteiger partial charge in [0, 0.05) is 11.1 Å². The van der Waals surface area contributed by atoms with Crippen molar-refractivity contribution in [2.24, 2.45) is 5.92 Å². The highest BCUT2D eigenvalue weighted by Crippen LogP contribution is 2.21. The van der Waals surface area contributed by atoms with E-state index in [9.17, 15) is 9.59 Å². The smallest absolute Gasteiger partial charge is 0.342 e. The van der Waals surface area contributed by atoms with Crippen LogP contribution in [0.1, 0.15) is 36.7 Å². The second-order valence-corrected chi connectivity index (χ2v) is 7.02. The molecule has 2 rings (SSSR count). The number of carbonyl (C=O) groups is 2. The van der Waals surface area contributed by atoms with Crippen LogP contribution in [0.2, 0.25) is 5.02 Å². The summed E-state index contributed by atoms with van der Waals surface area (Å²) in [4.78, 5) is 24.2. The van der Waals surface area contributed by atoms with Crippen molar-refractivity contribution in [3.63, 3.8) is 0 Å². The third-order valence-electron chi connectivity index (χ3n) is 4.14. The standard InChI is InChI=1S/C21H24ClNO4/c1-14(2)15(3)23-20(24)13-27-21(25)18-6-4-5-7-19(18)26-12-16-8-10-17(22)11-9-16/h4-11,14-15H,12-13H2,1-3H3,(H,23,24)/t15-/m1/s1. The van der Waals surface area contributed by atoms with E-state index >= 15 is 0 Å². The molecule has 0 fully saturated rings. The summed E-state index contributed by atoms with van der Waals surface area (Å²) in [6, 6.07) is 14.0. The van der Waals surface area contributed by atoms with Crippen LogP contribution in [0, 0.1) is 5.92 Å². The monoisotopic (exact) mass is 389 g/mol. The van der Waals surface area contributed by atoms with Gasteiger partial charge in [-0.05, 0) is 42.7 Å². The first-order valence-electron chi connectivity index (χ1n) is 8.79. The molecule has 1 N–H and O–H groups in total. The van der Waals surface area contributed by atoms with E-state index in [0.717, 1.165) is 5.56 Å². The number of para-hydroxylation sites is 1. The minimum Gasteiger partial charge on any atom is -0.488 e. The van der Waals surface area contributed by atoms with Crippen LogP contribution in [0.15, 0.2) is 48.5 Å². The van der Waals surface area contributed by atoms with Gasteiger partial charge in [-0.2, -0.15) is 0 Å². The Hall–Kier alpha value is -2.53. The molecule has 1 atom stereocenters. The van der Waals surface area contributed by atoms with Crippen molar-refractivity contribution in [3.8, 4) is 5.75 Å². The molecular weight excluding hydrogens is 366 g/mol. The van der Waals surface area contributed by atoms with Gasteiger partial charge in [0.15, 0.2) is 6.61 Å². The Balaban J connectivity index is 1.94. The van der Waals surface area contributed by atoms with Gasteiger partial charge in [-0.1, -0.05) is 49.7 Å². The van der Waals surface area contributed by atoms with Gasteiger partial charge in [0.1, 0.15) is 17.9 Å². The van der Waals surface area contributed by atoms with E-state index < -0.39 is 5.97 Å². The molecule has 0 aliphatic heterocycles. The first kappa shape index (κ1) is 20.8. The summed E-state index contributed by atoms with van der Waals surface area (Å²) in [6.45, 7) is 5.87. The van der Waals surface area contributed by atoms with E-state index in [1.165, 1.54) is 0 Å². The van der Waals surface area contributed by atoms with Crippen LogP contribution in [0.4, 0.5) is 0 Å². The molecule has 0 bridgehead atoms. The van der Waals surface area contributed by atoms with Gasteiger partial charge >= 0.3 is 5.97 Å². The highest BCUT2D eigenvalue weighted by Gasteiger charge is 2.17. The lowest BCUT2D eigenvalue weighted by Gasteiger charge is -2.17. The molecule has 0 spiro atoms. The average molecular weight is 390 g/mol. The lowest BCUT2D eigenvalue weighted by Crippen LogP contribution is -2.38. The van der Waals surface area contributed by atoms with E-state index in [4.69, 9.17) is 21.1 Å². The van der Waals surface area contributed by atoms with Crippen LogP contribution in [0.25, 0.3) is 0 Å². The van der Waals surface area contributed by atoms with Crippen LogP contribution < -0.4 is 10.1 Å². The molecule has 2 aromatic rings. The SMILES string of the molecule is CC(C)[C@@H](C)NC(=O)COC(=O)c1ccccc1OCc1ccc(Cl)cc1. The van der Waals surface area contributed by atoms with Gasteiger partial charge in [-0.3, -0.25) is 4.79 Å². The second-order valence-electron chi connectivity index (χ2n) is 6.59. The number of ether oxygens (including phenoxy) is 2. The number of carbonyl (C=O) groups excluding carboxylic acids is 2. The summed E-state index contributed by atoms with van der Waals surface area (Å²) in [5.74, 6) is -0.238. The van der Waals surface area contributed by atoms with Crippen molar-refractivity contribution in [2.75, 3.05) is 6.61 Å². The molecule has 0 unspecified atom stereocenters. The zero-order valence-electron chi connectivity index (χ0n) is 15.7. The molecule has 5 nitrogen and oxygen atoms in total. The van der Waals surface area contributed by atoms with Crippen molar-refractivity contribution in [1.29, 1.82) is 0 Å². The van der Waals surface area contributed by atoms with Crippen LogP contribution in [-0.2, 0) is 16.1 Å².